The maximum atomic E-state index is 6.11. The molecular formula is C21H19BrN6O. The fourth-order valence-electron chi connectivity index (χ4n) is 3.21. The molecule has 0 aliphatic carbocycles. The number of aryl methyl sites for hydroxylation is 1. The van der Waals surface area contributed by atoms with Gasteiger partial charge in [0.15, 0.2) is 0 Å². The van der Waals surface area contributed by atoms with Crippen LogP contribution in [0.4, 0.5) is 11.6 Å². The maximum Gasteiger partial charge on any atom is 0.227 e. The molecule has 8 heteroatoms. The molecule has 1 aliphatic heterocycles. The molecule has 2 aromatic carbocycles. The largest absolute Gasteiger partial charge is 0.488 e. The summed E-state index contributed by atoms with van der Waals surface area (Å²) in [6.45, 7) is 1.73. The van der Waals surface area contributed by atoms with Crippen molar-refractivity contribution >= 4 is 38.5 Å². The van der Waals surface area contributed by atoms with Gasteiger partial charge in [0, 0.05) is 59.7 Å². The van der Waals surface area contributed by atoms with E-state index in [1.54, 1.807) is 4.68 Å². The highest BCUT2D eigenvalue weighted by Crippen LogP contribution is 2.31. The van der Waals surface area contributed by atoms with Crippen LogP contribution in [0.5, 0.6) is 5.75 Å². The van der Waals surface area contributed by atoms with E-state index in [1.807, 2.05) is 56.0 Å². The highest BCUT2D eigenvalue weighted by Gasteiger charge is 2.19. The molecule has 0 unspecified atom stereocenters. The van der Waals surface area contributed by atoms with Gasteiger partial charge in [-0.25, -0.2) is 9.97 Å². The molecule has 0 bridgehead atoms. The molecule has 1 fully saturated rings. The van der Waals surface area contributed by atoms with E-state index in [-0.39, 0.29) is 6.10 Å². The molecule has 146 valence electrons. The van der Waals surface area contributed by atoms with Crippen molar-refractivity contribution in [1.82, 2.24) is 25.1 Å². The molecule has 4 aromatic rings. The molecule has 1 saturated heterocycles. The Morgan fingerprint density at radius 2 is 2.03 bits per heavy atom. The minimum absolute atomic E-state index is 0.197. The number of anilines is 2. The zero-order valence-electron chi connectivity index (χ0n) is 15.8. The van der Waals surface area contributed by atoms with Crippen LogP contribution in [0.2, 0.25) is 0 Å². The number of aromatic nitrogens is 4. The third-order valence-electron chi connectivity index (χ3n) is 4.79. The Balaban J connectivity index is 1.49. The van der Waals surface area contributed by atoms with Gasteiger partial charge in [-0.1, -0.05) is 15.9 Å². The van der Waals surface area contributed by atoms with Crippen molar-refractivity contribution in [2.24, 2.45) is 7.05 Å². The van der Waals surface area contributed by atoms with Crippen molar-refractivity contribution in [1.29, 1.82) is 0 Å². The van der Waals surface area contributed by atoms with Crippen molar-refractivity contribution < 1.29 is 4.74 Å². The Kier molecular flexibility index (Phi) is 4.65. The summed E-state index contributed by atoms with van der Waals surface area (Å²) in [6, 6.07) is 12.0. The molecule has 2 N–H and O–H groups in total. The van der Waals surface area contributed by atoms with Crippen LogP contribution in [0, 0.1) is 0 Å². The van der Waals surface area contributed by atoms with Gasteiger partial charge in [0.25, 0.3) is 0 Å². The average Bonchev–Trinajstić information content (AvgIpc) is 3.11. The molecule has 2 aromatic heterocycles. The summed E-state index contributed by atoms with van der Waals surface area (Å²) >= 11 is 3.48. The van der Waals surface area contributed by atoms with E-state index < -0.39 is 0 Å². The van der Waals surface area contributed by atoms with Gasteiger partial charge in [0.2, 0.25) is 5.95 Å². The molecule has 3 heterocycles. The van der Waals surface area contributed by atoms with Gasteiger partial charge < -0.3 is 15.4 Å². The van der Waals surface area contributed by atoms with Crippen molar-refractivity contribution in [2.75, 3.05) is 18.4 Å². The predicted molar refractivity (Wildman–Crippen MR) is 116 cm³/mol. The first-order chi connectivity index (χ1) is 14.1. The van der Waals surface area contributed by atoms with Crippen LogP contribution in [0.15, 0.2) is 59.5 Å². The molecule has 0 saturated carbocycles. The number of fused-ring (bicyclic) bond motifs is 1. The summed E-state index contributed by atoms with van der Waals surface area (Å²) in [6.07, 6.45) is 5.84. The first-order valence-corrected chi connectivity index (χ1v) is 10.1. The Morgan fingerprint density at radius 1 is 1.14 bits per heavy atom. The standard InChI is InChI=1S/C21H19BrN6O/c1-28-12-15(9-25-28)13-5-17(7-18(6-13)29-19-10-23-11-19)26-21-24-8-14-4-16(22)2-3-20(14)27-21/h2-9,12,19,23H,10-11H2,1H3,(H,24,26,27). The summed E-state index contributed by atoms with van der Waals surface area (Å²) in [7, 11) is 1.91. The monoisotopic (exact) mass is 450 g/mol. The van der Waals surface area contributed by atoms with E-state index in [4.69, 9.17) is 4.74 Å². The topological polar surface area (TPSA) is 76.9 Å². The molecular weight excluding hydrogens is 432 g/mol. The van der Waals surface area contributed by atoms with Gasteiger partial charge in [-0.05, 0) is 35.9 Å². The van der Waals surface area contributed by atoms with Gasteiger partial charge in [-0.3, -0.25) is 4.68 Å². The quantitative estimate of drug-likeness (QED) is 0.480. The Bertz CT molecular complexity index is 1190. The van der Waals surface area contributed by atoms with Gasteiger partial charge in [0.1, 0.15) is 11.9 Å². The second kappa shape index (κ2) is 7.46. The number of rotatable bonds is 5. The van der Waals surface area contributed by atoms with E-state index in [1.165, 1.54) is 0 Å². The van der Waals surface area contributed by atoms with Crippen LogP contribution < -0.4 is 15.4 Å². The Hall–Kier alpha value is -2.97. The first kappa shape index (κ1) is 18.1. The lowest BCUT2D eigenvalue weighted by Crippen LogP contribution is -2.50. The van der Waals surface area contributed by atoms with E-state index in [0.717, 1.165) is 51.0 Å². The summed E-state index contributed by atoms with van der Waals surface area (Å²) in [5, 5.41) is 11.8. The zero-order valence-corrected chi connectivity index (χ0v) is 17.3. The number of benzene rings is 2. The summed E-state index contributed by atoms with van der Waals surface area (Å²) < 4.78 is 8.90. The van der Waals surface area contributed by atoms with Crippen molar-refractivity contribution in [3.63, 3.8) is 0 Å². The molecule has 1 aliphatic rings. The lowest BCUT2D eigenvalue weighted by molar-refractivity contribution is 0.142. The van der Waals surface area contributed by atoms with Gasteiger partial charge in [-0.15, -0.1) is 0 Å². The zero-order chi connectivity index (χ0) is 19.8. The lowest BCUT2D eigenvalue weighted by Gasteiger charge is -2.28. The fraction of sp³-hybridized carbons (Fsp3) is 0.190. The highest BCUT2D eigenvalue weighted by molar-refractivity contribution is 9.10. The van der Waals surface area contributed by atoms with E-state index >= 15 is 0 Å². The third-order valence-corrected chi connectivity index (χ3v) is 5.28. The molecule has 7 nitrogen and oxygen atoms in total. The van der Waals surface area contributed by atoms with Crippen LogP contribution in [-0.2, 0) is 7.05 Å². The van der Waals surface area contributed by atoms with Crippen molar-refractivity contribution in [3.8, 4) is 16.9 Å². The Morgan fingerprint density at radius 3 is 2.79 bits per heavy atom. The molecule has 29 heavy (non-hydrogen) atoms. The van der Waals surface area contributed by atoms with E-state index in [2.05, 4.69) is 47.7 Å². The second-order valence-electron chi connectivity index (χ2n) is 7.07. The summed E-state index contributed by atoms with van der Waals surface area (Å²) in [4.78, 5) is 9.08. The molecule has 5 rings (SSSR count). The predicted octanol–water partition coefficient (Wildman–Crippen LogP) is 3.89. The summed E-state index contributed by atoms with van der Waals surface area (Å²) in [5.41, 5.74) is 3.79. The molecule has 0 radical (unpaired) electrons. The van der Waals surface area contributed by atoms with Crippen LogP contribution in [0.25, 0.3) is 22.0 Å². The van der Waals surface area contributed by atoms with Crippen LogP contribution in [-0.4, -0.2) is 38.9 Å². The number of nitrogens with one attached hydrogen (secondary N) is 2. The first-order valence-electron chi connectivity index (χ1n) is 9.33. The maximum absolute atomic E-state index is 6.11. The fourth-order valence-corrected chi connectivity index (χ4v) is 3.59. The number of ether oxygens (including phenoxy) is 1. The van der Waals surface area contributed by atoms with E-state index in [0.29, 0.717) is 5.95 Å². The molecule has 0 spiro atoms. The smallest absolute Gasteiger partial charge is 0.227 e. The van der Waals surface area contributed by atoms with Crippen LogP contribution in [0.1, 0.15) is 0 Å². The minimum Gasteiger partial charge on any atom is -0.488 e. The lowest BCUT2D eigenvalue weighted by atomic mass is 10.1. The minimum atomic E-state index is 0.197. The number of hydrogen-bond donors (Lipinski definition) is 2. The molecule has 0 atom stereocenters. The SMILES string of the molecule is Cn1cc(-c2cc(Nc3ncc4cc(Br)ccc4n3)cc(OC3CNC3)c2)cn1. The third kappa shape index (κ3) is 3.94. The van der Waals surface area contributed by atoms with Gasteiger partial charge in [-0.2, -0.15) is 5.10 Å². The number of halogens is 1. The second-order valence-corrected chi connectivity index (χ2v) is 7.98. The van der Waals surface area contributed by atoms with Gasteiger partial charge in [0.05, 0.1) is 11.7 Å². The Labute approximate surface area is 176 Å². The summed E-state index contributed by atoms with van der Waals surface area (Å²) in [5.74, 6) is 1.35. The normalized spacial score (nSPS) is 14.0. The average molecular weight is 451 g/mol. The van der Waals surface area contributed by atoms with Gasteiger partial charge >= 0.3 is 0 Å². The van der Waals surface area contributed by atoms with Crippen molar-refractivity contribution in [2.45, 2.75) is 6.10 Å². The van der Waals surface area contributed by atoms with Crippen molar-refractivity contribution in [3.05, 3.63) is 59.5 Å². The highest BCUT2D eigenvalue weighted by atomic mass is 79.9. The van der Waals surface area contributed by atoms with Crippen LogP contribution >= 0.6 is 15.9 Å². The number of nitrogens with zero attached hydrogens (tertiary/aromatic N) is 4. The molecule has 0 amide bonds. The van der Waals surface area contributed by atoms with E-state index in [9.17, 15) is 0 Å². The van der Waals surface area contributed by atoms with Crippen LogP contribution in [0.3, 0.4) is 0 Å². The number of hydrogen-bond acceptors (Lipinski definition) is 6.